The second kappa shape index (κ2) is 9.04. The van der Waals surface area contributed by atoms with E-state index in [0.29, 0.717) is 6.42 Å². The first-order valence-corrected chi connectivity index (χ1v) is 12.4. The first-order chi connectivity index (χ1) is 14.3. The normalized spacial score (nSPS) is 12.4. The van der Waals surface area contributed by atoms with Crippen LogP contribution in [0.1, 0.15) is 5.56 Å². The van der Waals surface area contributed by atoms with Gasteiger partial charge in [-0.1, -0.05) is 121 Å². The van der Waals surface area contributed by atoms with Gasteiger partial charge in [-0.25, -0.2) is 0 Å². The van der Waals surface area contributed by atoms with E-state index < -0.39 is 14.2 Å². The van der Waals surface area contributed by atoms with Gasteiger partial charge in [0.25, 0.3) is 0 Å². The van der Waals surface area contributed by atoms with E-state index in [1.807, 2.05) is 18.2 Å². The summed E-state index contributed by atoms with van der Waals surface area (Å²) in [6, 6.07) is 43.4. The van der Waals surface area contributed by atoms with Gasteiger partial charge in [0.15, 0.2) is 8.07 Å². The number of rotatable bonds is 7. The van der Waals surface area contributed by atoms with Crippen molar-refractivity contribution in [1.82, 2.24) is 0 Å². The van der Waals surface area contributed by atoms with Crippen molar-refractivity contribution in [2.24, 2.45) is 0 Å². The van der Waals surface area contributed by atoms with Gasteiger partial charge in [-0.2, -0.15) is 0 Å². The molecule has 0 aromatic heterocycles. The molecule has 0 radical (unpaired) electrons. The topological polar surface area (TPSA) is 20.2 Å². The Morgan fingerprint density at radius 3 is 1.24 bits per heavy atom. The molecule has 0 saturated carbocycles. The van der Waals surface area contributed by atoms with Crippen LogP contribution in [-0.2, 0) is 6.42 Å². The highest BCUT2D eigenvalue weighted by Crippen LogP contribution is 2.18. The number of hydrogen-bond acceptors (Lipinski definition) is 1. The van der Waals surface area contributed by atoms with Gasteiger partial charge in [0.05, 0.1) is 6.10 Å². The SMILES string of the molecule is OC(Cc1ccccc1)C[Si](c1ccccc1)(c1ccccc1)c1ccccc1. The van der Waals surface area contributed by atoms with Crippen LogP contribution in [0.2, 0.25) is 6.04 Å². The van der Waals surface area contributed by atoms with Crippen molar-refractivity contribution in [1.29, 1.82) is 0 Å². The zero-order chi connectivity index (χ0) is 19.9. The number of hydrogen-bond donors (Lipinski definition) is 1. The van der Waals surface area contributed by atoms with Gasteiger partial charge < -0.3 is 5.11 Å². The van der Waals surface area contributed by atoms with Crippen LogP contribution < -0.4 is 15.6 Å². The molecule has 0 aliphatic carbocycles. The van der Waals surface area contributed by atoms with E-state index in [1.54, 1.807) is 0 Å². The molecular weight excluding hydrogens is 368 g/mol. The minimum atomic E-state index is -2.39. The lowest BCUT2D eigenvalue weighted by atomic mass is 10.1. The summed E-state index contributed by atoms with van der Waals surface area (Å²) in [6.07, 6.45) is 0.256. The largest absolute Gasteiger partial charge is 0.393 e. The van der Waals surface area contributed by atoms with Gasteiger partial charge >= 0.3 is 0 Å². The average Bonchev–Trinajstić information content (AvgIpc) is 2.80. The minimum absolute atomic E-state index is 0.412. The van der Waals surface area contributed by atoms with E-state index in [2.05, 4.69) is 103 Å². The summed E-state index contributed by atoms with van der Waals surface area (Å²) in [7, 11) is -2.39. The highest BCUT2D eigenvalue weighted by molar-refractivity contribution is 7.11. The first-order valence-electron chi connectivity index (χ1n) is 10.2. The van der Waals surface area contributed by atoms with E-state index >= 15 is 0 Å². The van der Waals surface area contributed by atoms with Crippen LogP contribution in [-0.4, -0.2) is 19.3 Å². The quantitative estimate of drug-likeness (QED) is 0.374. The molecule has 2 heteroatoms. The third-order valence-corrected chi connectivity index (χ3v) is 10.7. The van der Waals surface area contributed by atoms with Gasteiger partial charge in [0.2, 0.25) is 0 Å². The lowest BCUT2D eigenvalue weighted by Crippen LogP contribution is -2.68. The van der Waals surface area contributed by atoms with Gasteiger partial charge in [-0.15, -0.1) is 0 Å². The van der Waals surface area contributed by atoms with E-state index in [4.69, 9.17) is 0 Å². The first kappa shape index (κ1) is 19.4. The van der Waals surface area contributed by atoms with Crippen LogP contribution in [0.25, 0.3) is 0 Å². The fraction of sp³-hybridized carbons (Fsp3) is 0.111. The fourth-order valence-corrected chi connectivity index (χ4v) is 9.18. The predicted molar refractivity (Wildman–Crippen MR) is 125 cm³/mol. The highest BCUT2D eigenvalue weighted by Gasteiger charge is 2.40. The maximum absolute atomic E-state index is 11.3. The molecule has 0 aliphatic heterocycles. The van der Waals surface area contributed by atoms with Crippen molar-refractivity contribution < 1.29 is 5.11 Å². The Morgan fingerprint density at radius 1 is 0.517 bits per heavy atom. The second-order valence-corrected chi connectivity index (χ2v) is 11.5. The molecule has 29 heavy (non-hydrogen) atoms. The summed E-state index contributed by atoms with van der Waals surface area (Å²) in [4.78, 5) is 0. The Labute approximate surface area is 174 Å². The van der Waals surface area contributed by atoms with Crippen LogP contribution in [0.5, 0.6) is 0 Å². The molecule has 0 amide bonds. The summed E-state index contributed by atoms with van der Waals surface area (Å²) in [5, 5.41) is 15.3. The predicted octanol–water partition coefficient (Wildman–Crippen LogP) is 3.76. The molecule has 0 spiro atoms. The molecule has 4 aromatic carbocycles. The molecule has 4 aromatic rings. The molecule has 0 fully saturated rings. The zero-order valence-electron chi connectivity index (χ0n) is 16.5. The molecule has 0 bridgehead atoms. The Morgan fingerprint density at radius 2 is 0.862 bits per heavy atom. The van der Waals surface area contributed by atoms with E-state index in [-0.39, 0.29) is 0 Å². The summed E-state index contributed by atoms with van der Waals surface area (Å²) in [5.74, 6) is 0. The maximum atomic E-state index is 11.3. The average molecular weight is 395 g/mol. The van der Waals surface area contributed by atoms with Gasteiger partial charge in [-0.3, -0.25) is 0 Å². The van der Waals surface area contributed by atoms with Crippen molar-refractivity contribution in [2.75, 3.05) is 0 Å². The van der Waals surface area contributed by atoms with E-state index in [1.165, 1.54) is 21.1 Å². The summed E-state index contributed by atoms with van der Waals surface area (Å²) >= 11 is 0. The maximum Gasteiger partial charge on any atom is 0.150 e. The van der Waals surface area contributed by atoms with Crippen molar-refractivity contribution >= 4 is 23.6 Å². The Hall–Kier alpha value is -2.94. The van der Waals surface area contributed by atoms with Gasteiger partial charge in [0, 0.05) is 0 Å². The molecule has 1 atom stereocenters. The third-order valence-electron chi connectivity index (χ3n) is 5.66. The Bertz CT molecular complexity index is 905. The molecule has 0 heterocycles. The fourth-order valence-electron chi connectivity index (χ4n) is 4.33. The van der Waals surface area contributed by atoms with E-state index in [0.717, 1.165) is 6.04 Å². The molecule has 0 aliphatic rings. The number of aliphatic hydroxyl groups excluding tert-OH is 1. The third kappa shape index (κ3) is 4.24. The molecule has 0 saturated heterocycles. The molecule has 4 rings (SSSR count). The van der Waals surface area contributed by atoms with Gasteiger partial charge in [-0.05, 0) is 33.6 Å². The van der Waals surface area contributed by atoms with Crippen molar-refractivity contribution in [3.8, 4) is 0 Å². The zero-order valence-corrected chi connectivity index (χ0v) is 17.5. The van der Waals surface area contributed by atoms with E-state index in [9.17, 15) is 5.11 Å². The lowest BCUT2D eigenvalue weighted by molar-refractivity contribution is 0.194. The molecular formula is C27H26OSi. The van der Waals surface area contributed by atoms with Crippen molar-refractivity contribution in [2.45, 2.75) is 18.6 Å². The molecule has 144 valence electrons. The standard InChI is InChI=1S/C27H26OSi/c28-24(21-23-13-5-1-6-14-23)22-29(25-15-7-2-8-16-25,26-17-9-3-10-18-26)27-19-11-4-12-20-27/h1-20,24,28H,21-22H2. The Balaban J connectivity index is 1.83. The Kier molecular flexibility index (Phi) is 6.04. The minimum Gasteiger partial charge on any atom is -0.393 e. The van der Waals surface area contributed by atoms with Crippen LogP contribution in [0.3, 0.4) is 0 Å². The monoisotopic (exact) mass is 394 g/mol. The summed E-state index contributed by atoms with van der Waals surface area (Å²) in [5.41, 5.74) is 1.18. The summed E-state index contributed by atoms with van der Waals surface area (Å²) < 4.78 is 0. The van der Waals surface area contributed by atoms with Crippen LogP contribution >= 0.6 is 0 Å². The van der Waals surface area contributed by atoms with Crippen LogP contribution in [0.15, 0.2) is 121 Å². The smallest absolute Gasteiger partial charge is 0.150 e. The molecule has 1 nitrogen and oxygen atoms in total. The molecule has 1 N–H and O–H groups in total. The van der Waals surface area contributed by atoms with Crippen molar-refractivity contribution in [3.63, 3.8) is 0 Å². The number of aliphatic hydroxyl groups is 1. The summed E-state index contributed by atoms with van der Waals surface area (Å²) in [6.45, 7) is 0. The van der Waals surface area contributed by atoms with Crippen LogP contribution in [0, 0.1) is 0 Å². The number of benzene rings is 4. The second-order valence-electron chi connectivity index (χ2n) is 7.55. The molecule has 1 unspecified atom stereocenters. The van der Waals surface area contributed by atoms with Gasteiger partial charge in [0.1, 0.15) is 0 Å². The van der Waals surface area contributed by atoms with Crippen LogP contribution in [0.4, 0.5) is 0 Å². The van der Waals surface area contributed by atoms with Crippen molar-refractivity contribution in [3.05, 3.63) is 127 Å². The lowest BCUT2D eigenvalue weighted by Gasteiger charge is -2.35. The highest BCUT2D eigenvalue weighted by atomic mass is 28.3.